The van der Waals surface area contributed by atoms with Crippen molar-refractivity contribution < 1.29 is 24.2 Å². The van der Waals surface area contributed by atoms with Crippen molar-refractivity contribution in [1.29, 1.82) is 0 Å². The topological polar surface area (TPSA) is 0 Å². The molecule has 0 aromatic heterocycles. The molecule has 0 spiro atoms. The van der Waals surface area contributed by atoms with Crippen molar-refractivity contribution in [2.75, 3.05) is 0 Å². The summed E-state index contributed by atoms with van der Waals surface area (Å²) in [6.45, 7) is 20.0. The monoisotopic (exact) mass is 708 g/mol. The summed E-state index contributed by atoms with van der Waals surface area (Å²) < 4.78 is 1.26. The molecule has 0 N–H and O–H groups in total. The number of aryl methyl sites for hydroxylation is 4. The molecule has 0 fully saturated rings. The standard InChI is InChI=1S/C17H17.C13H8Cl2.C12H19.Zr/c1-10-5-14-9-15-6-11(2)13(4)8-17(15)16(14)7-12(10)3;14-12-5-1-3-10(8-12)7-11-4-2-6-13(15)9-11;1-9(2)10-6-7-11(8-10)12(3,4)5;/h5-9H,1-4H3;1-6,8-9H;7-10H,1-5H3;/q-1;;-1;+2. The fraction of sp³-hybridized carbons (Fsp3) is 0.286. The van der Waals surface area contributed by atoms with Crippen molar-refractivity contribution in [2.24, 2.45) is 17.3 Å². The Morgan fingerprint density at radius 1 is 0.733 bits per heavy atom. The van der Waals surface area contributed by atoms with E-state index in [4.69, 9.17) is 23.2 Å². The molecule has 1 atom stereocenters. The van der Waals surface area contributed by atoms with Gasteiger partial charge in [0.2, 0.25) is 0 Å². The molecular weight excluding hydrogens is 667 g/mol. The third-order valence-electron chi connectivity index (χ3n) is 8.53. The molecule has 0 bridgehead atoms. The Morgan fingerprint density at radius 3 is 1.53 bits per heavy atom. The first-order valence-electron chi connectivity index (χ1n) is 15.6. The number of hydrogen-bond acceptors (Lipinski definition) is 0. The third kappa shape index (κ3) is 9.10. The second kappa shape index (κ2) is 15.0. The Labute approximate surface area is 295 Å². The van der Waals surface area contributed by atoms with E-state index in [2.05, 4.69) is 123 Å². The summed E-state index contributed by atoms with van der Waals surface area (Å²) in [5, 5.41) is 7.05. The van der Waals surface area contributed by atoms with E-state index in [1.54, 1.807) is 0 Å². The van der Waals surface area contributed by atoms with Gasteiger partial charge in [0, 0.05) is 0 Å². The summed E-state index contributed by atoms with van der Waals surface area (Å²) in [7, 11) is 0. The van der Waals surface area contributed by atoms with E-state index in [0.717, 1.165) is 21.2 Å². The van der Waals surface area contributed by atoms with Crippen LogP contribution in [-0.2, 0) is 24.2 Å². The van der Waals surface area contributed by atoms with Gasteiger partial charge in [-0.15, -0.1) is 39.7 Å². The molecule has 0 heterocycles. The van der Waals surface area contributed by atoms with E-state index in [9.17, 15) is 0 Å². The number of allylic oxidation sites excluding steroid dienone is 4. The fourth-order valence-corrected chi connectivity index (χ4v) is 6.48. The number of hydrogen-bond donors (Lipinski definition) is 0. The first-order chi connectivity index (χ1) is 21.1. The van der Waals surface area contributed by atoms with Crippen LogP contribution in [0.2, 0.25) is 10.0 Å². The third-order valence-corrected chi connectivity index (χ3v) is 10.4. The van der Waals surface area contributed by atoms with Gasteiger partial charge >= 0.3 is 120 Å². The predicted octanol–water partition coefficient (Wildman–Crippen LogP) is 12.7. The molecule has 1 unspecified atom stereocenters. The number of halogens is 2. The molecule has 0 aliphatic heterocycles. The zero-order chi connectivity index (χ0) is 33.1. The zero-order valence-corrected chi connectivity index (χ0v) is 32.0. The maximum absolute atomic E-state index is 5.98. The van der Waals surface area contributed by atoms with E-state index >= 15 is 0 Å². The fourth-order valence-electron chi connectivity index (χ4n) is 5.33. The molecule has 0 saturated carbocycles. The predicted molar refractivity (Wildman–Crippen MR) is 196 cm³/mol. The van der Waals surface area contributed by atoms with Crippen molar-refractivity contribution in [3.8, 4) is 0 Å². The van der Waals surface area contributed by atoms with Crippen LogP contribution < -0.4 is 0 Å². The summed E-state index contributed by atoms with van der Waals surface area (Å²) >= 11 is 13.3. The Hall–Kier alpha value is -2.44. The van der Waals surface area contributed by atoms with Gasteiger partial charge in [0.15, 0.2) is 0 Å². The van der Waals surface area contributed by atoms with Gasteiger partial charge in [0.05, 0.1) is 0 Å². The zero-order valence-electron chi connectivity index (χ0n) is 28.1. The van der Waals surface area contributed by atoms with Gasteiger partial charge in [0.25, 0.3) is 0 Å². The minimum atomic E-state index is 0.288. The van der Waals surface area contributed by atoms with Gasteiger partial charge < -0.3 is 0 Å². The summed E-state index contributed by atoms with van der Waals surface area (Å²) in [6, 6.07) is 27.3. The molecule has 5 aromatic carbocycles. The van der Waals surface area contributed by atoms with Crippen LogP contribution in [0.25, 0.3) is 21.5 Å². The average molecular weight is 711 g/mol. The SMILES string of the molecule is CC(C)C1[C-]=CC(C(C)(C)C)=C1.Cc1cc2[cH-]c3cc(C)c(C)cc3c2cc1C.Clc1cccc([C](=[Zr+2])c2cccc(Cl)c2)c1. The molecule has 0 amide bonds. The molecule has 0 radical (unpaired) electrons. The van der Waals surface area contributed by atoms with Gasteiger partial charge in [-0.25, -0.2) is 6.08 Å². The molecule has 6 rings (SSSR count). The van der Waals surface area contributed by atoms with Crippen LogP contribution in [0.3, 0.4) is 0 Å². The molecule has 0 nitrogen and oxygen atoms in total. The van der Waals surface area contributed by atoms with Crippen LogP contribution in [0.1, 0.15) is 68.0 Å². The summed E-state index contributed by atoms with van der Waals surface area (Å²) in [5.41, 5.74) is 9.55. The van der Waals surface area contributed by atoms with E-state index < -0.39 is 0 Å². The van der Waals surface area contributed by atoms with Crippen molar-refractivity contribution in [3.05, 3.63) is 146 Å². The quantitative estimate of drug-likeness (QED) is 0.164. The Bertz CT molecular complexity index is 1780. The average Bonchev–Trinajstić information content (AvgIpc) is 3.60. The number of fused-ring (bicyclic) bond motifs is 3. The van der Waals surface area contributed by atoms with Crippen molar-refractivity contribution in [2.45, 2.75) is 62.3 Å². The Kier molecular flexibility index (Phi) is 11.8. The molecule has 1 aliphatic rings. The number of benzene rings is 4. The van der Waals surface area contributed by atoms with Crippen LogP contribution in [0.15, 0.2) is 96.6 Å². The van der Waals surface area contributed by atoms with E-state index in [1.165, 1.54) is 76.8 Å². The van der Waals surface area contributed by atoms with Gasteiger partial charge in [-0.05, 0) is 27.7 Å². The molecule has 3 heteroatoms. The summed E-state index contributed by atoms with van der Waals surface area (Å²) in [4.78, 5) is 0. The first kappa shape index (κ1) is 35.4. The first-order valence-corrected chi connectivity index (χ1v) is 17.6. The van der Waals surface area contributed by atoms with Gasteiger partial charge in [-0.3, -0.25) is 6.08 Å². The van der Waals surface area contributed by atoms with Gasteiger partial charge in [-0.2, -0.15) is 11.6 Å². The second-order valence-corrected chi connectivity index (χ2v) is 15.6. The summed E-state index contributed by atoms with van der Waals surface area (Å²) in [5.74, 6) is 1.22. The Morgan fingerprint density at radius 2 is 1.18 bits per heavy atom. The number of rotatable bonds is 3. The maximum atomic E-state index is 5.98. The van der Waals surface area contributed by atoms with Gasteiger partial charge in [0.1, 0.15) is 0 Å². The van der Waals surface area contributed by atoms with Crippen LogP contribution >= 0.6 is 23.2 Å². The molecule has 230 valence electrons. The van der Waals surface area contributed by atoms with Crippen LogP contribution in [-0.4, -0.2) is 3.21 Å². The summed E-state index contributed by atoms with van der Waals surface area (Å²) in [6.07, 6.45) is 7.90. The molecule has 5 aromatic rings. The van der Waals surface area contributed by atoms with Crippen LogP contribution in [0.5, 0.6) is 0 Å². The molecule has 0 saturated heterocycles. The Balaban J connectivity index is 0.000000156. The van der Waals surface area contributed by atoms with Crippen molar-refractivity contribution in [1.82, 2.24) is 0 Å². The normalized spacial score (nSPS) is 14.3. The van der Waals surface area contributed by atoms with Crippen molar-refractivity contribution in [3.63, 3.8) is 0 Å². The van der Waals surface area contributed by atoms with E-state index in [-0.39, 0.29) is 5.41 Å². The van der Waals surface area contributed by atoms with Crippen LogP contribution in [0, 0.1) is 51.0 Å². The second-order valence-electron chi connectivity index (χ2n) is 13.5. The van der Waals surface area contributed by atoms with Crippen LogP contribution in [0.4, 0.5) is 0 Å². The van der Waals surface area contributed by atoms with Crippen molar-refractivity contribution >= 4 is 48.0 Å². The van der Waals surface area contributed by atoms with E-state index in [1.807, 2.05) is 36.4 Å². The minimum absolute atomic E-state index is 0.288. The van der Waals surface area contributed by atoms with Gasteiger partial charge in [-0.1, -0.05) is 86.3 Å². The molecule has 1 aliphatic carbocycles. The van der Waals surface area contributed by atoms with E-state index in [0.29, 0.717) is 11.8 Å². The molecular formula is C42H44Cl2Zr. The molecule has 45 heavy (non-hydrogen) atoms.